The number of anilines is 1. The lowest BCUT2D eigenvalue weighted by Gasteiger charge is -2.38. The van der Waals surface area contributed by atoms with Crippen LogP contribution in [0.25, 0.3) is 0 Å². The minimum atomic E-state index is -0.397. The van der Waals surface area contributed by atoms with E-state index in [0.717, 1.165) is 36.9 Å². The minimum Gasteiger partial charge on any atom is -0.342 e. The van der Waals surface area contributed by atoms with Gasteiger partial charge < -0.3 is 9.80 Å². The summed E-state index contributed by atoms with van der Waals surface area (Å²) in [6.45, 7) is 1.42. The molecule has 1 saturated heterocycles. The van der Waals surface area contributed by atoms with Crippen LogP contribution in [0.4, 0.5) is 5.69 Å². The molecule has 1 aromatic rings. The number of nitrogens with zero attached hydrogens (tertiary/aromatic N) is 2. The number of likely N-dealkylation sites (N-methyl/N-ethyl adjacent to an activating group) is 1. The van der Waals surface area contributed by atoms with Crippen LogP contribution in [-0.4, -0.2) is 36.9 Å². The summed E-state index contributed by atoms with van der Waals surface area (Å²) in [4.78, 5) is 28.7. The Morgan fingerprint density at radius 2 is 1.86 bits per heavy atom. The number of amides is 2. The molecule has 4 rings (SSSR count). The van der Waals surface area contributed by atoms with Gasteiger partial charge in [-0.25, -0.2) is 0 Å². The molecule has 0 bridgehead atoms. The Labute approximate surface area is 124 Å². The van der Waals surface area contributed by atoms with Gasteiger partial charge in [-0.15, -0.1) is 0 Å². The van der Waals surface area contributed by atoms with Crippen molar-refractivity contribution in [3.8, 4) is 0 Å². The lowest BCUT2D eigenvalue weighted by Crippen LogP contribution is -2.49. The predicted molar refractivity (Wildman–Crippen MR) is 80.1 cm³/mol. The maximum Gasteiger partial charge on any atom is 0.237 e. The molecular formula is C17H20N2O2. The van der Waals surface area contributed by atoms with E-state index in [2.05, 4.69) is 6.07 Å². The van der Waals surface area contributed by atoms with Crippen molar-refractivity contribution in [3.63, 3.8) is 0 Å². The van der Waals surface area contributed by atoms with E-state index < -0.39 is 5.41 Å². The molecule has 21 heavy (non-hydrogen) atoms. The van der Waals surface area contributed by atoms with Crippen molar-refractivity contribution in [3.05, 3.63) is 29.8 Å². The van der Waals surface area contributed by atoms with Crippen molar-refractivity contribution >= 4 is 17.5 Å². The van der Waals surface area contributed by atoms with E-state index in [4.69, 9.17) is 0 Å². The Kier molecular flexibility index (Phi) is 2.65. The molecule has 2 aliphatic heterocycles. The first-order chi connectivity index (χ1) is 10.1. The highest BCUT2D eigenvalue weighted by atomic mass is 16.2. The summed E-state index contributed by atoms with van der Waals surface area (Å²) in [6.07, 6.45) is 3.60. The van der Waals surface area contributed by atoms with Crippen LogP contribution in [0.1, 0.15) is 31.2 Å². The summed E-state index contributed by atoms with van der Waals surface area (Å²) in [7, 11) is 1.86. The summed E-state index contributed by atoms with van der Waals surface area (Å²) in [5.41, 5.74) is 1.78. The van der Waals surface area contributed by atoms with Gasteiger partial charge in [-0.3, -0.25) is 9.59 Å². The molecule has 1 aliphatic carbocycles. The number of carbonyl (C=O) groups excluding carboxylic acids is 2. The van der Waals surface area contributed by atoms with Crippen LogP contribution in [0.5, 0.6) is 0 Å². The van der Waals surface area contributed by atoms with Crippen molar-refractivity contribution in [2.24, 2.45) is 5.92 Å². The molecule has 1 aromatic carbocycles. The van der Waals surface area contributed by atoms with Crippen LogP contribution >= 0.6 is 0 Å². The summed E-state index contributed by atoms with van der Waals surface area (Å²) in [5.74, 6) is 0.771. The Morgan fingerprint density at radius 3 is 2.52 bits per heavy atom. The predicted octanol–water partition coefficient (Wildman–Crippen LogP) is 1.93. The lowest BCUT2D eigenvalue weighted by atomic mass is 9.73. The van der Waals surface area contributed by atoms with E-state index in [9.17, 15) is 9.59 Å². The third-order valence-electron chi connectivity index (χ3n) is 5.35. The molecule has 2 heterocycles. The normalized spacial score (nSPS) is 23.6. The first kappa shape index (κ1) is 12.9. The number of hydrogen-bond donors (Lipinski definition) is 0. The molecular weight excluding hydrogens is 264 g/mol. The molecule has 4 nitrogen and oxygen atoms in total. The Morgan fingerprint density at radius 1 is 1.19 bits per heavy atom. The molecule has 1 saturated carbocycles. The van der Waals surface area contributed by atoms with Gasteiger partial charge in [0.1, 0.15) is 0 Å². The van der Waals surface area contributed by atoms with Gasteiger partial charge in [-0.05, 0) is 37.3 Å². The summed E-state index contributed by atoms with van der Waals surface area (Å²) in [5, 5.41) is 0. The number of carbonyl (C=O) groups is 2. The van der Waals surface area contributed by atoms with Gasteiger partial charge in [-0.1, -0.05) is 18.2 Å². The van der Waals surface area contributed by atoms with Crippen LogP contribution in [0, 0.1) is 5.92 Å². The Bertz CT molecular complexity index is 613. The largest absolute Gasteiger partial charge is 0.342 e. The SMILES string of the molecule is CN1C(=O)C2(CCN(C(=O)C3CC3)CC2)c2ccccc21. The maximum absolute atomic E-state index is 12.8. The monoisotopic (exact) mass is 284 g/mol. The van der Waals surface area contributed by atoms with Crippen molar-refractivity contribution in [1.29, 1.82) is 0 Å². The zero-order valence-corrected chi connectivity index (χ0v) is 12.3. The van der Waals surface area contributed by atoms with E-state index >= 15 is 0 Å². The van der Waals surface area contributed by atoms with Crippen molar-refractivity contribution in [2.75, 3.05) is 25.0 Å². The standard InChI is InChI=1S/C17H20N2O2/c1-18-14-5-3-2-4-13(14)17(16(18)21)8-10-19(11-9-17)15(20)12-6-7-12/h2-5,12H,6-11H2,1H3. The molecule has 2 fully saturated rings. The fourth-order valence-corrected chi connectivity index (χ4v) is 3.90. The molecule has 0 N–H and O–H groups in total. The highest BCUT2D eigenvalue weighted by Crippen LogP contribution is 2.47. The maximum atomic E-state index is 12.8. The number of likely N-dealkylation sites (tertiary alicyclic amines) is 1. The minimum absolute atomic E-state index is 0.197. The van der Waals surface area contributed by atoms with Gasteiger partial charge in [0.2, 0.25) is 11.8 Å². The van der Waals surface area contributed by atoms with Crippen LogP contribution in [-0.2, 0) is 15.0 Å². The zero-order valence-electron chi connectivity index (χ0n) is 12.3. The Hall–Kier alpha value is -1.84. The lowest BCUT2D eigenvalue weighted by molar-refractivity contribution is -0.136. The molecule has 0 atom stereocenters. The topological polar surface area (TPSA) is 40.6 Å². The summed E-state index contributed by atoms with van der Waals surface area (Å²) >= 11 is 0. The van der Waals surface area contributed by atoms with E-state index in [0.29, 0.717) is 19.0 Å². The second kappa shape index (κ2) is 4.33. The number of rotatable bonds is 1. The molecule has 0 aromatic heterocycles. The van der Waals surface area contributed by atoms with E-state index in [1.54, 1.807) is 4.90 Å². The molecule has 1 spiro atoms. The molecule has 4 heteroatoms. The highest BCUT2D eigenvalue weighted by Gasteiger charge is 2.51. The summed E-state index contributed by atoms with van der Waals surface area (Å²) < 4.78 is 0. The zero-order chi connectivity index (χ0) is 14.6. The molecule has 0 radical (unpaired) electrons. The van der Waals surface area contributed by atoms with Crippen LogP contribution in [0.3, 0.4) is 0 Å². The van der Waals surface area contributed by atoms with Crippen LogP contribution in [0.2, 0.25) is 0 Å². The van der Waals surface area contributed by atoms with Gasteiger partial charge >= 0.3 is 0 Å². The van der Waals surface area contributed by atoms with E-state index in [1.165, 1.54) is 0 Å². The van der Waals surface area contributed by atoms with E-state index in [-0.39, 0.29) is 11.8 Å². The van der Waals surface area contributed by atoms with Crippen molar-refractivity contribution in [1.82, 2.24) is 4.90 Å². The van der Waals surface area contributed by atoms with Crippen molar-refractivity contribution < 1.29 is 9.59 Å². The van der Waals surface area contributed by atoms with E-state index in [1.807, 2.05) is 30.1 Å². The van der Waals surface area contributed by atoms with Gasteiger partial charge in [0, 0.05) is 31.7 Å². The number of hydrogen-bond acceptors (Lipinski definition) is 2. The second-order valence-electron chi connectivity index (χ2n) is 6.56. The average Bonchev–Trinajstić information content (AvgIpc) is 3.35. The fourth-order valence-electron chi connectivity index (χ4n) is 3.90. The second-order valence-corrected chi connectivity index (χ2v) is 6.56. The molecule has 110 valence electrons. The number of para-hydroxylation sites is 1. The van der Waals surface area contributed by atoms with Crippen LogP contribution < -0.4 is 4.90 Å². The van der Waals surface area contributed by atoms with Gasteiger partial charge in [0.25, 0.3) is 0 Å². The summed E-state index contributed by atoms with van der Waals surface area (Å²) in [6, 6.07) is 8.08. The van der Waals surface area contributed by atoms with Gasteiger partial charge in [0.15, 0.2) is 0 Å². The number of fused-ring (bicyclic) bond motifs is 2. The third-order valence-corrected chi connectivity index (χ3v) is 5.35. The number of piperidine rings is 1. The van der Waals surface area contributed by atoms with Gasteiger partial charge in [-0.2, -0.15) is 0 Å². The molecule has 0 unspecified atom stereocenters. The molecule has 3 aliphatic rings. The first-order valence-electron chi connectivity index (χ1n) is 7.80. The quantitative estimate of drug-likeness (QED) is 0.790. The third kappa shape index (κ3) is 1.74. The Balaban J connectivity index is 1.61. The average molecular weight is 284 g/mol. The number of benzene rings is 1. The van der Waals surface area contributed by atoms with Gasteiger partial charge in [0.05, 0.1) is 5.41 Å². The smallest absolute Gasteiger partial charge is 0.237 e. The van der Waals surface area contributed by atoms with Crippen molar-refractivity contribution in [2.45, 2.75) is 31.1 Å². The fraction of sp³-hybridized carbons (Fsp3) is 0.529. The molecule has 2 amide bonds. The van der Waals surface area contributed by atoms with Crippen LogP contribution in [0.15, 0.2) is 24.3 Å². The first-order valence-corrected chi connectivity index (χ1v) is 7.80. The highest BCUT2D eigenvalue weighted by molar-refractivity contribution is 6.07.